The molecule has 0 aromatic rings. The lowest BCUT2D eigenvalue weighted by Gasteiger charge is -2.42. The van der Waals surface area contributed by atoms with Crippen molar-refractivity contribution in [2.24, 2.45) is 0 Å². The zero-order chi connectivity index (χ0) is 15.7. The van der Waals surface area contributed by atoms with Crippen LogP contribution in [0.5, 0.6) is 0 Å². The number of hydrogen-bond donors (Lipinski definition) is 2. The van der Waals surface area contributed by atoms with Crippen molar-refractivity contribution >= 4 is 17.7 Å². The van der Waals surface area contributed by atoms with Crippen LogP contribution in [0.3, 0.4) is 0 Å². The number of amides is 3. The molecular weight excluding hydrogens is 282 g/mol. The van der Waals surface area contributed by atoms with E-state index in [1.165, 1.54) is 0 Å². The van der Waals surface area contributed by atoms with Crippen molar-refractivity contribution in [3.05, 3.63) is 0 Å². The second kappa shape index (κ2) is 5.89. The largest absolute Gasteiger partial charge is 0.344 e. The number of carbonyl (C=O) groups excluding carboxylic acids is 3. The van der Waals surface area contributed by atoms with E-state index >= 15 is 0 Å². The van der Waals surface area contributed by atoms with Gasteiger partial charge in [0.1, 0.15) is 11.6 Å². The van der Waals surface area contributed by atoms with Crippen LogP contribution >= 0.6 is 0 Å². The van der Waals surface area contributed by atoms with Crippen molar-refractivity contribution in [2.75, 3.05) is 6.54 Å². The van der Waals surface area contributed by atoms with Crippen LogP contribution in [0.25, 0.3) is 0 Å². The van der Waals surface area contributed by atoms with E-state index in [9.17, 15) is 14.4 Å². The average Bonchev–Trinajstić information content (AvgIpc) is 2.90. The molecule has 3 amide bonds. The Balaban J connectivity index is 1.74. The Morgan fingerprint density at radius 3 is 2.45 bits per heavy atom. The predicted molar refractivity (Wildman–Crippen MR) is 80.9 cm³/mol. The van der Waals surface area contributed by atoms with Gasteiger partial charge in [0.05, 0.1) is 6.42 Å². The molecule has 3 aliphatic rings. The Kier molecular flexibility index (Phi) is 4.10. The second-order valence-corrected chi connectivity index (χ2v) is 6.95. The zero-order valence-electron chi connectivity index (χ0n) is 13.2. The molecule has 0 spiro atoms. The number of β-lactam (4-membered cyclic amide) rings is 1. The number of likely N-dealkylation sites (tertiary alicyclic amines) is 1. The van der Waals surface area contributed by atoms with Crippen molar-refractivity contribution in [3.63, 3.8) is 0 Å². The average molecular weight is 307 g/mol. The molecule has 1 aliphatic carbocycles. The fourth-order valence-electron chi connectivity index (χ4n) is 3.90. The summed E-state index contributed by atoms with van der Waals surface area (Å²) in [5, 5.41) is 5.60. The van der Waals surface area contributed by atoms with Gasteiger partial charge in [-0.05, 0) is 32.6 Å². The van der Waals surface area contributed by atoms with Gasteiger partial charge >= 0.3 is 0 Å². The first-order valence-corrected chi connectivity index (χ1v) is 8.44. The van der Waals surface area contributed by atoms with E-state index in [0.29, 0.717) is 12.8 Å². The molecule has 2 heterocycles. The van der Waals surface area contributed by atoms with Crippen molar-refractivity contribution < 1.29 is 14.4 Å². The highest BCUT2D eigenvalue weighted by molar-refractivity contribution is 6.00. The Hall–Kier alpha value is -1.59. The normalized spacial score (nSPS) is 30.4. The summed E-state index contributed by atoms with van der Waals surface area (Å²) in [4.78, 5) is 38.4. The lowest BCUT2D eigenvalue weighted by Crippen LogP contribution is -2.66. The van der Waals surface area contributed by atoms with E-state index in [1.807, 2.05) is 4.90 Å². The van der Waals surface area contributed by atoms with Crippen LogP contribution in [-0.2, 0) is 14.4 Å². The van der Waals surface area contributed by atoms with Crippen molar-refractivity contribution in [3.8, 4) is 0 Å². The molecule has 2 atom stereocenters. The first kappa shape index (κ1) is 15.3. The van der Waals surface area contributed by atoms with Gasteiger partial charge < -0.3 is 15.5 Å². The van der Waals surface area contributed by atoms with Crippen LogP contribution in [0.4, 0.5) is 0 Å². The Bertz CT molecular complexity index is 477. The van der Waals surface area contributed by atoms with Crippen molar-refractivity contribution in [1.29, 1.82) is 0 Å². The molecule has 1 saturated carbocycles. The number of nitrogens with one attached hydrogen (secondary N) is 2. The summed E-state index contributed by atoms with van der Waals surface area (Å²) >= 11 is 0. The van der Waals surface area contributed by atoms with Gasteiger partial charge in [-0.15, -0.1) is 0 Å². The van der Waals surface area contributed by atoms with Crippen molar-refractivity contribution in [2.45, 2.75) is 75.9 Å². The molecule has 2 N–H and O–H groups in total. The fraction of sp³-hybridized carbons (Fsp3) is 0.812. The topological polar surface area (TPSA) is 78.5 Å². The van der Waals surface area contributed by atoms with E-state index in [0.717, 1.165) is 38.6 Å². The maximum absolute atomic E-state index is 13.1. The van der Waals surface area contributed by atoms with Crippen LogP contribution in [0.1, 0.15) is 58.3 Å². The summed E-state index contributed by atoms with van der Waals surface area (Å²) in [6.45, 7) is 2.87. The smallest absolute Gasteiger partial charge is 0.248 e. The minimum atomic E-state index is -0.756. The molecule has 3 fully saturated rings. The third-order valence-electron chi connectivity index (χ3n) is 5.33. The highest BCUT2D eigenvalue weighted by Gasteiger charge is 2.47. The molecule has 3 rings (SSSR count). The lowest BCUT2D eigenvalue weighted by molar-refractivity contribution is -0.146. The molecule has 122 valence electrons. The summed E-state index contributed by atoms with van der Waals surface area (Å²) in [5.41, 5.74) is -0.756. The fourth-order valence-corrected chi connectivity index (χ4v) is 3.90. The molecule has 2 aliphatic heterocycles. The van der Waals surface area contributed by atoms with Gasteiger partial charge in [0.25, 0.3) is 0 Å². The highest BCUT2D eigenvalue weighted by atomic mass is 16.2. The van der Waals surface area contributed by atoms with Gasteiger partial charge in [0, 0.05) is 12.6 Å². The van der Waals surface area contributed by atoms with E-state index in [-0.39, 0.29) is 30.2 Å². The van der Waals surface area contributed by atoms with Crippen molar-refractivity contribution in [1.82, 2.24) is 15.5 Å². The summed E-state index contributed by atoms with van der Waals surface area (Å²) in [6.07, 6.45) is 6.76. The van der Waals surface area contributed by atoms with Gasteiger partial charge in [-0.25, -0.2) is 0 Å². The molecule has 6 heteroatoms. The quantitative estimate of drug-likeness (QED) is 0.754. The first-order valence-electron chi connectivity index (χ1n) is 8.44. The van der Waals surface area contributed by atoms with Gasteiger partial charge in [-0.2, -0.15) is 0 Å². The molecule has 0 unspecified atom stereocenters. The third-order valence-corrected chi connectivity index (χ3v) is 5.33. The maximum atomic E-state index is 13.1. The molecule has 6 nitrogen and oxygen atoms in total. The first-order chi connectivity index (χ1) is 10.5. The van der Waals surface area contributed by atoms with E-state index < -0.39 is 11.6 Å². The van der Waals surface area contributed by atoms with Crippen LogP contribution in [0, 0.1) is 0 Å². The van der Waals surface area contributed by atoms with Crippen LogP contribution < -0.4 is 10.6 Å². The van der Waals surface area contributed by atoms with E-state index in [1.54, 1.807) is 0 Å². The van der Waals surface area contributed by atoms with Crippen LogP contribution in [0.2, 0.25) is 0 Å². The molecule has 0 bridgehead atoms. The Labute approximate surface area is 131 Å². The van der Waals surface area contributed by atoms with Crippen LogP contribution in [0.15, 0.2) is 0 Å². The van der Waals surface area contributed by atoms with Gasteiger partial charge in [0.2, 0.25) is 17.7 Å². The molecule has 0 aromatic heterocycles. The minimum absolute atomic E-state index is 0.0798. The highest BCUT2D eigenvalue weighted by Crippen LogP contribution is 2.33. The minimum Gasteiger partial charge on any atom is -0.344 e. The predicted octanol–water partition coefficient (Wildman–Crippen LogP) is 0.705. The Morgan fingerprint density at radius 1 is 1.23 bits per heavy atom. The molecular formula is C16H25N3O3. The van der Waals surface area contributed by atoms with Gasteiger partial charge in [0.15, 0.2) is 0 Å². The van der Waals surface area contributed by atoms with Gasteiger partial charge in [-0.3, -0.25) is 14.4 Å². The maximum Gasteiger partial charge on any atom is 0.248 e. The standard InChI is InChI=1S/C16H25N3O3/c1-11-6-5-9-19(11)15(22)16(7-3-2-4-8-16)18-14(21)12-10-13(20)17-12/h11-12H,2-10H2,1H3,(H,17,20)(H,18,21)/t11-,12+/m1/s1. The summed E-state index contributed by atoms with van der Waals surface area (Å²) < 4.78 is 0. The van der Waals surface area contributed by atoms with E-state index in [4.69, 9.17) is 0 Å². The Morgan fingerprint density at radius 2 is 1.91 bits per heavy atom. The monoisotopic (exact) mass is 307 g/mol. The summed E-state index contributed by atoms with van der Waals surface area (Å²) in [6, 6.07) is -0.207. The molecule has 0 radical (unpaired) electrons. The molecule has 22 heavy (non-hydrogen) atoms. The third kappa shape index (κ3) is 2.71. The number of hydrogen-bond acceptors (Lipinski definition) is 3. The molecule has 2 saturated heterocycles. The zero-order valence-corrected chi connectivity index (χ0v) is 13.2. The SMILES string of the molecule is C[C@@H]1CCCN1C(=O)C1(NC(=O)[C@@H]2CC(=O)N2)CCCCC1. The number of carbonyl (C=O) groups is 3. The number of nitrogens with zero attached hydrogens (tertiary/aromatic N) is 1. The lowest BCUT2D eigenvalue weighted by atomic mass is 9.79. The van der Waals surface area contributed by atoms with Gasteiger partial charge in [-0.1, -0.05) is 19.3 Å². The van der Waals surface area contributed by atoms with Crippen LogP contribution in [-0.4, -0.2) is 46.8 Å². The van der Waals surface area contributed by atoms with E-state index in [2.05, 4.69) is 17.6 Å². The summed E-state index contributed by atoms with van der Waals surface area (Å²) in [5.74, 6) is -0.227. The molecule has 0 aromatic carbocycles. The second-order valence-electron chi connectivity index (χ2n) is 6.95. The number of rotatable bonds is 3. The summed E-state index contributed by atoms with van der Waals surface area (Å²) in [7, 11) is 0.